The van der Waals surface area contributed by atoms with Crippen molar-refractivity contribution in [2.75, 3.05) is 38.2 Å². The van der Waals surface area contributed by atoms with E-state index < -0.39 is 0 Å². The minimum atomic E-state index is -0.0453. The molecule has 0 radical (unpaired) electrons. The molecule has 0 aromatic heterocycles. The third-order valence-corrected chi connectivity index (χ3v) is 3.02. The molecule has 0 unspecified atom stereocenters. The van der Waals surface area contributed by atoms with Gasteiger partial charge in [-0.1, -0.05) is 13.3 Å². The van der Waals surface area contributed by atoms with Gasteiger partial charge in [-0.3, -0.25) is 4.79 Å². The number of unbranched alkanes of at least 4 members (excludes halogenated alkanes) is 1. The van der Waals surface area contributed by atoms with Crippen LogP contribution in [0.4, 0.5) is 5.69 Å². The molecule has 5 nitrogen and oxygen atoms in total. The first-order valence-corrected chi connectivity index (χ1v) is 8.07. The molecule has 0 aliphatic carbocycles. The summed E-state index contributed by atoms with van der Waals surface area (Å²) in [5, 5.41) is 5.95. The molecule has 0 saturated heterocycles. The zero-order valence-electron chi connectivity index (χ0n) is 13.7. The second kappa shape index (κ2) is 12.0. The van der Waals surface area contributed by atoms with Gasteiger partial charge in [-0.15, -0.1) is 0 Å². The number of rotatable bonds is 12. The van der Waals surface area contributed by atoms with Crippen molar-refractivity contribution in [1.29, 1.82) is 0 Å². The van der Waals surface area contributed by atoms with Gasteiger partial charge in [0.15, 0.2) is 0 Å². The van der Waals surface area contributed by atoms with E-state index in [1.807, 2.05) is 31.2 Å². The van der Waals surface area contributed by atoms with Crippen LogP contribution >= 0.6 is 0 Å². The molecule has 2 N–H and O–H groups in total. The fourth-order valence-corrected chi connectivity index (χ4v) is 1.86. The first-order chi connectivity index (χ1) is 10.8. The third-order valence-electron chi connectivity index (χ3n) is 3.02. The molecule has 1 rings (SSSR count). The molecule has 0 fully saturated rings. The maximum absolute atomic E-state index is 11.8. The van der Waals surface area contributed by atoms with E-state index in [0.29, 0.717) is 13.2 Å². The van der Waals surface area contributed by atoms with E-state index in [-0.39, 0.29) is 5.91 Å². The van der Waals surface area contributed by atoms with E-state index in [0.717, 1.165) is 50.5 Å². The van der Waals surface area contributed by atoms with Gasteiger partial charge in [0, 0.05) is 18.9 Å². The Bertz CT molecular complexity index is 407. The molecule has 22 heavy (non-hydrogen) atoms. The molecular weight excluding hydrogens is 280 g/mol. The van der Waals surface area contributed by atoms with Crippen LogP contribution in [-0.2, 0) is 9.53 Å². The zero-order chi connectivity index (χ0) is 16.0. The van der Waals surface area contributed by atoms with Gasteiger partial charge in [0.05, 0.1) is 13.2 Å². The minimum absolute atomic E-state index is 0.0453. The third kappa shape index (κ3) is 8.64. The van der Waals surface area contributed by atoms with Gasteiger partial charge < -0.3 is 20.1 Å². The Balaban J connectivity index is 2.08. The summed E-state index contributed by atoms with van der Waals surface area (Å²) in [5.41, 5.74) is 0.776. The monoisotopic (exact) mass is 308 g/mol. The van der Waals surface area contributed by atoms with E-state index in [1.54, 1.807) is 0 Å². The van der Waals surface area contributed by atoms with Crippen molar-refractivity contribution in [3.05, 3.63) is 24.3 Å². The molecule has 0 bridgehead atoms. The number of carbonyl (C=O) groups excluding carboxylic acids is 1. The highest BCUT2D eigenvalue weighted by Gasteiger charge is 2.02. The Morgan fingerprint density at radius 3 is 2.50 bits per heavy atom. The average Bonchev–Trinajstić information content (AvgIpc) is 2.52. The van der Waals surface area contributed by atoms with Crippen molar-refractivity contribution in [2.24, 2.45) is 0 Å². The molecular formula is C17H28N2O3. The van der Waals surface area contributed by atoms with E-state index in [2.05, 4.69) is 17.6 Å². The second-order valence-corrected chi connectivity index (χ2v) is 5.00. The van der Waals surface area contributed by atoms with Crippen molar-refractivity contribution in [3.63, 3.8) is 0 Å². The van der Waals surface area contributed by atoms with Crippen molar-refractivity contribution >= 4 is 11.6 Å². The largest absolute Gasteiger partial charge is 0.494 e. The van der Waals surface area contributed by atoms with Crippen molar-refractivity contribution < 1.29 is 14.3 Å². The predicted octanol–water partition coefficient (Wildman–Crippen LogP) is 2.82. The molecule has 0 atom stereocenters. The fraction of sp³-hybridized carbons (Fsp3) is 0.588. The number of hydrogen-bond acceptors (Lipinski definition) is 4. The summed E-state index contributed by atoms with van der Waals surface area (Å²) in [6.07, 6.45) is 3.18. The van der Waals surface area contributed by atoms with Crippen LogP contribution in [0, 0.1) is 0 Å². The summed E-state index contributed by atoms with van der Waals surface area (Å²) < 4.78 is 10.8. The van der Waals surface area contributed by atoms with Crippen LogP contribution in [0.1, 0.15) is 33.1 Å². The number of amides is 1. The van der Waals surface area contributed by atoms with Crippen LogP contribution in [0.5, 0.6) is 5.75 Å². The first-order valence-electron chi connectivity index (χ1n) is 8.07. The van der Waals surface area contributed by atoms with Crippen LogP contribution in [0.3, 0.4) is 0 Å². The van der Waals surface area contributed by atoms with Gasteiger partial charge in [0.25, 0.3) is 0 Å². The van der Waals surface area contributed by atoms with Crippen LogP contribution in [0.15, 0.2) is 24.3 Å². The van der Waals surface area contributed by atoms with E-state index in [4.69, 9.17) is 9.47 Å². The molecule has 124 valence electrons. The van der Waals surface area contributed by atoms with Crippen molar-refractivity contribution in [1.82, 2.24) is 5.32 Å². The van der Waals surface area contributed by atoms with Gasteiger partial charge in [-0.2, -0.15) is 0 Å². The Hall–Kier alpha value is -1.59. The summed E-state index contributed by atoms with van der Waals surface area (Å²) in [4.78, 5) is 11.8. The quantitative estimate of drug-likeness (QED) is 0.583. The van der Waals surface area contributed by atoms with Crippen molar-refractivity contribution in [2.45, 2.75) is 33.1 Å². The maximum Gasteiger partial charge on any atom is 0.238 e. The van der Waals surface area contributed by atoms with Gasteiger partial charge in [0.1, 0.15) is 5.75 Å². The average molecular weight is 308 g/mol. The maximum atomic E-state index is 11.8. The van der Waals surface area contributed by atoms with Gasteiger partial charge in [0.2, 0.25) is 5.91 Å². The van der Waals surface area contributed by atoms with Crippen LogP contribution < -0.4 is 15.4 Å². The van der Waals surface area contributed by atoms with E-state index in [9.17, 15) is 4.79 Å². The molecule has 0 saturated carbocycles. The lowest BCUT2D eigenvalue weighted by Crippen LogP contribution is -2.29. The smallest absolute Gasteiger partial charge is 0.238 e. The van der Waals surface area contributed by atoms with Gasteiger partial charge >= 0.3 is 0 Å². The highest BCUT2D eigenvalue weighted by atomic mass is 16.5. The van der Waals surface area contributed by atoms with Crippen LogP contribution in [0.2, 0.25) is 0 Å². The second-order valence-electron chi connectivity index (χ2n) is 5.00. The summed E-state index contributed by atoms with van der Waals surface area (Å²) in [7, 11) is 0. The van der Waals surface area contributed by atoms with E-state index >= 15 is 0 Å². The molecule has 0 heterocycles. The SMILES string of the molecule is CCCCOCCCNCC(=O)Nc1ccc(OCC)cc1. The number of carbonyl (C=O) groups is 1. The van der Waals surface area contributed by atoms with Crippen molar-refractivity contribution in [3.8, 4) is 5.75 Å². The molecule has 0 spiro atoms. The van der Waals surface area contributed by atoms with E-state index in [1.165, 1.54) is 0 Å². The standard InChI is InChI=1S/C17H28N2O3/c1-3-5-12-21-13-6-11-18-14-17(20)19-15-7-9-16(10-8-15)22-4-2/h7-10,18H,3-6,11-14H2,1-2H3,(H,19,20). The number of hydrogen-bond donors (Lipinski definition) is 2. The van der Waals surface area contributed by atoms with Gasteiger partial charge in [-0.25, -0.2) is 0 Å². The summed E-state index contributed by atoms with van der Waals surface area (Å²) >= 11 is 0. The Morgan fingerprint density at radius 2 is 1.82 bits per heavy atom. The minimum Gasteiger partial charge on any atom is -0.494 e. The molecule has 1 amide bonds. The predicted molar refractivity (Wildman–Crippen MR) is 89.5 cm³/mol. The lowest BCUT2D eigenvalue weighted by Gasteiger charge is -2.08. The number of benzene rings is 1. The number of anilines is 1. The highest BCUT2D eigenvalue weighted by molar-refractivity contribution is 5.92. The van der Waals surface area contributed by atoms with Crippen LogP contribution in [-0.4, -0.2) is 38.8 Å². The van der Waals surface area contributed by atoms with Gasteiger partial charge in [-0.05, 0) is 50.6 Å². The molecule has 5 heteroatoms. The molecule has 0 aliphatic heterocycles. The number of ether oxygens (including phenoxy) is 2. The lowest BCUT2D eigenvalue weighted by molar-refractivity contribution is -0.115. The zero-order valence-corrected chi connectivity index (χ0v) is 13.7. The Morgan fingerprint density at radius 1 is 1.09 bits per heavy atom. The fourth-order valence-electron chi connectivity index (χ4n) is 1.86. The summed E-state index contributed by atoms with van der Waals surface area (Å²) in [5.74, 6) is 0.762. The summed E-state index contributed by atoms with van der Waals surface area (Å²) in [6.45, 7) is 7.38. The highest BCUT2D eigenvalue weighted by Crippen LogP contribution is 2.15. The first kappa shape index (κ1) is 18.5. The summed E-state index contributed by atoms with van der Waals surface area (Å²) in [6, 6.07) is 7.37. The normalized spacial score (nSPS) is 10.5. The molecule has 1 aromatic rings. The number of nitrogens with one attached hydrogen (secondary N) is 2. The lowest BCUT2D eigenvalue weighted by atomic mass is 10.3. The Kier molecular flexibility index (Phi) is 10.1. The molecule has 0 aliphatic rings. The topological polar surface area (TPSA) is 59.6 Å². The molecule has 1 aromatic carbocycles. The Labute approximate surface area is 133 Å². The van der Waals surface area contributed by atoms with Crippen LogP contribution in [0.25, 0.3) is 0 Å².